The van der Waals surface area contributed by atoms with Crippen molar-refractivity contribution in [3.63, 3.8) is 0 Å². The molecule has 0 unspecified atom stereocenters. The molecule has 0 atom stereocenters. The van der Waals surface area contributed by atoms with Crippen LogP contribution in [0.1, 0.15) is 21.9 Å². The maximum atomic E-state index is 12.6. The van der Waals surface area contributed by atoms with E-state index in [2.05, 4.69) is 15.1 Å². The van der Waals surface area contributed by atoms with Crippen LogP contribution in [0.5, 0.6) is 0 Å². The van der Waals surface area contributed by atoms with Gasteiger partial charge in [-0.3, -0.25) is 14.5 Å². The Morgan fingerprint density at radius 1 is 1.27 bits per heavy atom. The van der Waals surface area contributed by atoms with Crippen LogP contribution in [0.15, 0.2) is 43.1 Å². The van der Waals surface area contributed by atoms with Gasteiger partial charge in [0.15, 0.2) is 0 Å². The molecule has 0 aliphatic carbocycles. The Labute approximate surface area is 146 Å². The Hall–Kier alpha value is -3.17. The van der Waals surface area contributed by atoms with Gasteiger partial charge >= 0.3 is 6.18 Å². The first kappa shape index (κ1) is 17.6. The number of carbonyl (C=O) groups is 1. The molecule has 0 aromatic carbocycles. The van der Waals surface area contributed by atoms with Gasteiger partial charge in [-0.15, -0.1) is 0 Å². The molecule has 0 saturated carbocycles. The molecule has 0 radical (unpaired) electrons. The number of amides is 1. The molecule has 0 spiro atoms. The average Bonchev–Trinajstić information content (AvgIpc) is 3.22. The van der Waals surface area contributed by atoms with Gasteiger partial charge in [0.1, 0.15) is 11.5 Å². The van der Waals surface area contributed by atoms with Gasteiger partial charge in [0.25, 0.3) is 5.91 Å². The zero-order valence-corrected chi connectivity index (χ0v) is 14.0. The highest BCUT2D eigenvalue weighted by molar-refractivity contribution is 6.04. The first-order valence-electron chi connectivity index (χ1n) is 7.55. The Kier molecular flexibility index (Phi) is 4.49. The first-order chi connectivity index (χ1) is 12.3. The highest BCUT2D eigenvalue weighted by Crippen LogP contribution is 2.28. The monoisotopic (exact) mass is 364 g/mol. The Bertz CT molecular complexity index is 916. The number of hydrogen-bond acceptors (Lipinski definition) is 4. The maximum Gasteiger partial charge on any atom is 0.419 e. The lowest BCUT2D eigenvalue weighted by Crippen LogP contribution is -2.28. The average molecular weight is 364 g/mol. The number of hydrogen-bond donors (Lipinski definition) is 0. The standard InChI is InChI=1S/C16H15F3N6O/c1-23(12-4-3-5-20-7-12)15(26)13-8-21-14(24(13)2)10-25-9-11(6-22-25)16(17,18)19/h3-9H,10H2,1-2H3. The lowest BCUT2D eigenvalue weighted by molar-refractivity contribution is -0.137. The second-order valence-corrected chi connectivity index (χ2v) is 5.62. The number of anilines is 1. The lowest BCUT2D eigenvalue weighted by Gasteiger charge is -2.17. The SMILES string of the molecule is CN(C(=O)c1cnc(Cn2cc(C(F)(F)F)cn2)n1C)c1cccnc1. The fourth-order valence-corrected chi connectivity index (χ4v) is 2.38. The number of rotatable bonds is 4. The van der Waals surface area contributed by atoms with E-state index in [0.717, 1.165) is 17.1 Å². The fraction of sp³-hybridized carbons (Fsp3) is 0.250. The molecule has 3 aromatic rings. The van der Waals surface area contributed by atoms with Crippen LogP contribution in [-0.2, 0) is 19.8 Å². The number of aromatic nitrogens is 5. The van der Waals surface area contributed by atoms with Crippen molar-refractivity contribution in [2.75, 3.05) is 11.9 Å². The van der Waals surface area contributed by atoms with Crippen LogP contribution >= 0.6 is 0 Å². The highest BCUT2D eigenvalue weighted by Gasteiger charge is 2.32. The molecule has 10 heteroatoms. The van der Waals surface area contributed by atoms with Crippen molar-refractivity contribution >= 4 is 11.6 Å². The van der Waals surface area contributed by atoms with Gasteiger partial charge in [0.05, 0.1) is 36.4 Å². The molecular formula is C16H15F3N6O. The zero-order chi connectivity index (χ0) is 18.9. The molecule has 26 heavy (non-hydrogen) atoms. The summed E-state index contributed by atoms with van der Waals surface area (Å²) in [7, 11) is 3.23. The number of carbonyl (C=O) groups excluding carboxylic acids is 1. The van der Waals surface area contributed by atoms with Gasteiger partial charge in [0.2, 0.25) is 0 Å². The topological polar surface area (TPSA) is 68.8 Å². The molecule has 0 aliphatic heterocycles. The van der Waals surface area contributed by atoms with Crippen molar-refractivity contribution in [2.45, 2.75) is 12.7 Å². The van der Waals surface area contributed by atoms with Crippen LogP contribution in [0.4, 0.5) is 18.9 Å². The molecule has 0 N–H and O–H groups in total. The van der Waals surface area contributed by atoms with Gasteiger partial charge in [-0.2, -0.15) is 18.3 Å². The van der Waals surface area contributed by atoms with Crippen LogP contribution < -0.4 is 4.90 Å². The molecule has 0 saturated heterocycles. The Morgan fingerprint density at radius 2 is 2.04 bits per heavy atom. The van der Waals surface area contributed by atoms with Crippen molar-refractivity contribution in [3.8, 4) is 0 Å². The fourth-order valence-electron chi connectivity index (χ4n) is 2.38. The summed E-state index contributed by atoms with van der Waals surface area (Å²) in [6, 6.07) is 3.45. The smallest absolute Gasteiger partial charge is 0.326 e. The van der Waals surface area contributed by atoms with Crippen molar-refractivity contribution < 1.29 is 18.0 Å². The van der Waals surface area contributed by atoms with Gasteiger partial charge in [-0.25, -0.2) is 4.98 Å². The molecule has 0 aliphatic rings. The van der Waals surface area contributed by atoms with Gasteiger partial charge in [-0.05, 0) is 12.1 Å². The van der Waals surface area contributed by atoms with Crippen LogP contribution in [-0.4, -0.2) is 37.3 Å². The van der Waals surface area contributed by atoms with E-state index >= 15 is 0 Å². The zero-order valence-electron chi connectivity index (χ0n) is 14.0. The normalized spacial score (nSPS) is 11.6. The van der Waals surface area contributed by atoms with Gasteiger partial charge in [-0.1, -0.05) is 0 Å². The third-order valence-electron chi connectivity index (χ3n) is 3.91. The third kappa shape index (κ3) is 3.44. The minimum Gasteiger partial charge on any atom is -0.326 e. The predicted molar refractivity (Wildman–Crippen MR) is 86.5 cm³/mol. The molecule has 0 fully saturated rings. The largest absolute Gasteiger partial charge is 0.419 e. The van der Waals surface area contributed by atoms with E-state index in [4.69, 9.17) is 0 Å². The predicted octanol–water partition coefficient (Wildman–Crippen LogP) is 2.36. The van der Waals surface area contributed by atoms with Crippen molar-refractivity contribution in [1.29, 1.82) is 0 Å². The number of alkyl halides is 3. The van der Waals surface area contributed by atoms with E-state index in [1.165, 1.54) is 15.7 Å². The maximum absolute atomic E-state index is 12.6. The van der Waals surface area contributed by atoms with Crippen molar-refractivity contribution in [1.82, 2.24) is 24.3 Å². The molecule has 3 aromatic heterocycles. The summed E-state index contributed by atoms with van der Waals surface area (Å²) < 4.78 is 40.6. The summed E-state index contributed by atoms with van der Waals surface area (Å²) in [5.74, 6) is 0.0976. The molecule has 136 valence electrons. The molecular weight excluding hydrogens is 349 g/mol. The van der Waals surface area contributed by atoms with Gasteiger partial charge < -0.3 is 9.47 Å². The summed E-state index contributed by atoms with van der Waals surface area (Å²) >= 11 is 0. The van der Waals surface area contributed by atoms with E-state index in [9.17, 15) is 18.0 Å². The Morgan fingerprint density at radius 3 is 2.65 bits per heavy atom. The van der Waals surface area contributed by atoms with E-state index in [-0.39, 0.29) is 12.5 Å². The van der Waals surface area contributed by atoms with Gasteiger partial charge in [0, 0.05) is 26.5 Å². The van der Waals surface area contributed by atoms with E-state index in [0.29, 0.717) is 17.2 Å². The second-order valence-electron chi connectivity index (χ2n) is 5.62. The minimum absolute atomic E-state index is 0.0104. The van der Waals surface area contributed by atoms with E-state index < -0.39 is 11.7 Å². The van der Waals surface area contributed by atoms with Crippen molar-refractivity contribution in [2.24, 2.45) is 7.05 Å². The summed E-state index contributed by atoms with van der Waals surface area (Å²) in [4.78, 5) is 22.2. The summed E-state index contributed by atoms with van der Waals surface area (Å²) in [6.45, 7) is 0.0104. The third-order valence-corrected chi connectivity index (χ3v) is 3.91. The number of halogens is 3. The highest BCUT2D eigenvalue weighted by atomic mass is 19.4. The number of imidazole rings is 1. The lowest BCUT2D eigenvalue weighted by atomic mass is 10.3. The number of nitrogens with zero attached hydrogens (tertiary/aromatic N) is 6. The summed E-state index contributed by atoms with van der Waals surface area (Å²) in [5, 5.41) is 3.70. The van der Waals surface area contributed by atoms with E-state index in [1.54, 1.807) is 38.6 Å². The van der Waals surface area contributed by atoms with Crippen LogP contribution in [0.3, 0.4) is 0 Å². The second kappa shape index (κ2) is 6.62. The molecule has 1 amide bonds. The van der Waals surface area contributed by atoms with E-state index in [1.807, 2.05) is 0 Å². The molecule has 0 bridgehead atoms. The molecule has 3 heterocycles. The molecule has 3 rings (SSSR count). The quantitative estimate of drug-likeness (QED) is 0.713. The van der Waals surface area contributed by atoms with Crippen LogP contribution in [0.25, 0.3) is 0 Å². The molecule has 7 nitrogen and oxygen atoms in total. The number of pyridine rings is 1. The summed E-state index contributed by atoms with van der Waals surface area (Å²) in [6.07, 6.45) is 1.75. The first-order valence-corrected chi connectivity index (χ1v) is 7.55. The van der Waals surface area contributed by atoms with Crippen LogP contribution in [0.2, 0.25) is 0 Å². The van der Waals surface area contributed by atoms with Crippen LogP contribution in [0, 0.1) is 0 Å². The minimum atomic E-state index is -4.45. The Balaban J connectivity index is 1.80. The summed E-state index contributed by atoms with van der Waals surface area (Å²) in [5.41, 5.74) is 0.0796. The van der Waals surface area contributed by atoms with Crippen molar-refractivity contribution in [3.05, 3.63) is 60.2 Å².